The summed E-state index contributed by atoms with van der Waals surface area (Å²) < 4.78 is 16.3. The van der Waals surface area contributed by atoms with Gasteiger partial charge in [0.15, 0.2) is 6.61 Å². The van der Waals surface area contributed by atoms with Crippen molar-refractivity contribution in [2.75, 3.05) is 0 Å². The zero-order chi connectivity index (χ0) is 16.2. The van der Waals surface area contributed by atoms with Gasteiger partial charge in [-0.05, 0) is 44.4 Å². The molecule has 0 spiro atoms. The number of carbonyl (C=O) groups excluding carboxylic acids is 1. The van der Waals surface area contributed by atoms with E-state index in [0.29, 0.717) is 17.7 Å². The monoisotopic (exact) mass is 316 g/mol. The lowest BCUT2D eigenvalue weighted by Crippen LogP contribution is -2.09. The molecule has 1 aromatic heterocycles. The number of benzene rings is 1. The number of carbonyl (C=O) groups is 1. The molecule has 0 aliphatic heterocycles. The first-order chi connectivity index (χ1) is 11.1. The first-order valence-corrected chi connectivity index (χ1v) is 7.83. The number of nitrogens with zero attached hydrogens (tertiary/aromatic N) is 2. The van der Waals surface area contributed by atoms with Crippen LogP contribution in [0.4, 0.5) is 0 Å². The minimum absolute atomic E-state index is 0.0146. The third-order valence-corrected chi connectivity index (χ3v) is 3.38. The molecule has 0 bridgehead atoms. The van der Waals surface area contributed by atoms with Crippen molar-refractivity contribution in [2.24, 2.45) is 0 Å². The summed E-state index contributed by atoms with van der Waals surface area (Å²) in [5, 5.41) is 7.84. The van der Waals surface area contributed by atoms with Gasteiger partial charge >= 0.3 is 5.97 Å². The molecule has 1 aliphatic rings. The van der Waals surface area contributed by atoms with Crippen molar-refractivity contribution in [3.05, 3.63) is 41.6 Å². The Morgan fingerprint density at radius 3 is 2.91 bits per heavy atom. The van der Waals surface area contributed by atoms with E-state index in [4.69, 9.17) is 13.9 Å². The Hall–Kier alpha value is -2.37. The van der Waals surface area contributed by atoms with E-state index < -0.39 is 0 Å². The molecule has 6 nitrogen and oxygen atoms in total. The Bertz CT molecular complexity index is 677. The van der Waals surface area contributed by atoms with Gasteiger partial charge in [-0.2, -0.15) is 0 Å². The van der Waals surface area contributed by atoms with Crippen LogP contribution in [0.25, 0.3) is 0 Å². The van der Waals surface area contributed by atoms with Crippen molar-refractivity contribution in [1.29, 1.82) is 0 Å². The highest BCUT2D eigenvalue weighted by Crippen LogP contribution is 2.39. The van der Waals surface area contributed by atoms with Crippen molar-refractivity contribution in [1.82, 2.24) is 10.2 Å². The molecule has 1 heterocycles. The van der Waals surface area contributed by atoms with E-state index in [1.54, 1.807) is 0 Å². The summed E-state index contributed by atoms with van der Waals surface area (Å²) in [5.74, 6) is 1.80. The largest absolute Gasteiger partial charge is 0.491 e. The number of rotatable bonds is 7. The third kappa shape index (κ3) is 4.55. The summed E-state index contributed by atoms with van der Waals surface area (Å²) in [6.45, 7) is 3.93. The fourth-order valence-electron chi connectivity index (χ4n) is 2.18. The highest BCUT2D eigenvalue weighted by molar-refractivity contribution is 5.72. The molecule has 1 aliphatic carbocycles. The lowest BCUT2D eigenvalue weighted by molar-refractivity contribution is -0.144. The van der Waals surface area contributed by atoms with Crippen LogP contribution in [0.5, 0.6) is 5.75 Å². The van der Waals surface area contributed by atoms with E-state index in [0.717, 1.165) is 24.2 Å². The van der Waals surface area contributed by atoms with Crippen molar-refractivity contribution < 1.29 is 18.7 Å². The molecule has 2 aromatic rings. The smallest absolute Gasteiger partial charge is 0.310 e. The van der Waals surface area contributed by atoms with Crippen LogP contribution in [0.3, 0.4) is 0 Å². The van der Waals surface area contributed by atoms with Crippen LogP contribution in [0, 0.1) is 0 Å². The number of hydrogen-bond acceptors (Lipinski definition) is 6. The van der Waals surface area contributed by atoms with Gasteiger partial charge in [-0.1, -0.05) is 12.1 Å². The lowest BCUT2D eigenvalue weighted by Gasteiger charge is -2.10. The second kappa shape index (κ2) is 6.81. The van der Waals surface area contributed by atoms with Crippen LogP contribution in [0.1, 0.15) is 50.0 Å². The molecule has 0 amide bonds. The maximum atomic E-state index is 11.9. The summed E-state index contributed by atoms with van der Waals surface area (Å²) in [7, 11) is 0. The van der Waals surface area contributed by atoms with Crippen molar-refractivity contribution in [2.45, 2.75) is 51.7 Å². The summed E-state index contributed by atoms with van der Waals surface area (Å²) in [5.41, 5.74) is 0.845. The quantitative estimate of drug-likeness (QED) is 0.731. The number of aromatic nitrogens is 2. The van der Waals surface area contributed by atoms with Crippen LogP contribution in [-0.2, 0) is 22.6 Å². The zero-order valence-corrected chi connectivity index (χ0v) is 13.3. The second-order valence-corrected chi connectivity index (χ2v) is 5.96. The Labute approximate surface area is 134 Å². The van der Waals surface area contributed by atoms with Crippen molar-refractivity contribution in [3.63, 3.8) is 0 Å². The van der Waals surface area contributed by atoms with E-state index in [9.17, 15) is 4.79 Å². The first-order valence-electron chi connectivity index (χ1n) is 7.83. The molecule has 0 unspecified atom stereocenters. The van der Waals surface area contributed by atoms with Gasteiger partial charge in [0.25, 0.3) is 5.89 Å². The fraction of sp³-hybridized carbons (Fsp3) is 0.471. The van der Waals surface area contributed by atoms with Gasteiger partial charge in [-0.25, -0.2) is 0 Å². The Kier molecular flexibility index (Phi) is 4.60. The lowest BCUT2D eigenvalue weighted by atomic mass is 10.1. The average Bonchev–Trinajstić information content (AvgIpc) is 3.24. The number of esters is 1. The molecule has 1 fully saturated rings. The number of ether oxygens (including phenoxy) is 2. The fourth-order valence-corrected chi connectivity index (χ4v) is 2.18. The minimum Gasteiger partial charge on any atom is -0.491 e. The summed E-state index contributed by atoms with van der Waals surface area (Å²) >= 11 is 0. The highest BCUT2D eigenvalue weighted by atomic mass is 16.5. The van der Waals surface area contributed by atoms with Gasteiger partial charge in [0.05, 0.1) is 12.5 Å². The molecule has 1 aromatic carbocycles. The van der Waals surface area contributed by atoms with E-state index in [1.165, 1.54) is 0 Å². The molecule has 0 saturated heterocycles. The first kappa shape index (κ1) is 15.5. The molecule has 3 rings (SSSR count). The topological polar surface area (TPSA) is 74.5 Å². The van der Waals surface area contributed by atoms with Gasteiger partial charge in [0.2, 0.25) is 5.89 Å². The molecule has 122 valence electrons. The zero-order valence-electron chi connectivity index (χ0n) is 13.3. The van der Waals surface area contributed by atoms with Crippen molar-refractivity contribution in [3.8, 4) is 5.75 Å². The molecular formula is C17H20N2O4. The number of hydrogen-bond donors (Lipinski definition) is 0. The van der Waals surface area contributed by atoms with Crippen molar-refractivity contribution >= 4 is 5.97 Å². The molecule has 1 saturated carbocycles. The predicted octanol–water partition coefficient (Wildman–Crippen LogP) is 3.02. The van der Waals surface area contributed by atoms with E-state index >= 15 is 0 Å². The summed E-state index contributed by atoms with van der Waals surface area (Å²) in [4.78, 5) is 11.9. The van der Waals surface area contributed by atoms with Crippen LogP contribution in [0.2, 0.25) is 0 Å². The Morgan fingerprint density at radius 1 is 1.35 bits per heavy atom. The van der Waals surface area contributed by atoms with Gasteiger partial charge in [-0.3, -0.25) is 4.79 Å². The van der Waals surface area contributed by atoms with Crippen LogP contribution >= 0.6 is 0 Å². The highest BCUT2D eigenvalue weighted by Gasteiger charge is 2.29. The van der Waals surface area contributed by atoms with E-state index in [1.807, 2.05) is 38.1 Å². The molecular weight excluding hydrogens is 296 g/mol. The van der Waals surface area contributed by atoms with Crippen LogP contribution < -0.4 is 4.74 Å². The third-order valence-electron chi connectivity index (χ3n) is 3.38. The van der Waals surface area contributed by atoms with E-state index in [2.05, 4.69) is 10.2 Å². The van der Waals surface area contributed by atoms with Crippen LogP contribution in [0.15, 0.2) is 28.7 Å². The maximum absolute atomic E-state index is 11.9. The summed E-state index contributed by atoms with van der Waals surface area (Å²) in [6.07, 6.45) is 2.46. The summed E-state index contributed by atoms with van der Waals surface area (Å²) in [6, 6.07) is 7.44. The molecule has 6 heteroatoms. The molecule has 0 radical (unpaired) electrons. The average molecular weight is 316 g/mol. The van der Waals surface area contributed by atoms with Gasteiger partial charge in [0.1, 0.15) is 5.75 Å². The molecule has 0 atom stereocenters. The standard InChI is InChI=1S/C17H20N2O4/c1-11(2)22-14-5-3-4-12(8-14)9-16(20)21-10-15-18-19-17(23-15)13-6-7-13/h3-5,8,11,13H,6-7,9-10H2,1-2H3. The van der Waals surface area contributed by atoms with Gasteiger partial charge in [-0.15, -0.1) is 10.2 Å². The van der Waals surface area contributed by atoms with Gasteiger partial charge in [0, 0.05) is 5.92 Å². The Morgan fingerprint density at radius 2 is 2.17 bits per heavy atom. The molecule has 0 N–H and O–H groups in total. The minimum atomic E-state index is -0.335. The molecule has 23 heavy (non-hydrogen) atoms. The SMILES string of the molecule is CC(C)Oc1cccc(CC(=O)OCc2nnc(C3CC3)o2)c1. The predicted molar refractivity (Wildman–Crippen MR) is 82.0 cm³/mol. The maximum Gasteiger partial charge on any atom is 0.310 e. The second-order valence-electron chi connectivity index (χ2n) is 5.96. The normalized spacial score (nSPS) is 14.0. The van der Waals surface area contributed by atoms with Gasteiger partial charge < -0.3 is 13.9 Å². The van der Waals surface area contributed by atoms with E-state index in [-0.39, 0.29) is 25.1 Å². The Balaban J connectivity index is 1.50. The van der Waals surface area contributed by atoms with Crippen LogP contribution in [-0.4, -0.2) is 22.3 Å².